The molecule has 114 valence electrons. The van der Waals surface area contributed by atoms with Crippen molar-refractivity contribution in [3.8, 4) is 0 Å². The molecule has 0 aromatic heterocycles. The highest BCUT2D eigenvalue weighted by atomic mass is 32.2. The third kappa shape index (κ3) is 1.97. The fraction of sp³-hybridized carbons (Fsp3) is 0.350. The Hall–Kier alpha value is -1.54. The molecule has 2 aromatic carbocycles. The van der Waals surface area contributed by atoms with Crippen LogP contribution in [0.4, 0.5) is 0 Å². The number of hydrogen-bond donors (Lipinski definition) is 0. The number of carbonyl (C=O) groups excluding carboxylic acids is 1. The molecule has 1 saturated heterocycles. The molecule has 0 bridgehead atoms. The lowest BCUT2D eigenvalue weighted by Crippen LogP contribution is -2.49. The molecule has 0 aliphatic carbocycles. The molecule has 0 saturated carbocycles. The van der Waals surface area contributed by atoms with Gasteiger partial charge >= 0.3 is 0 Å². The molecule has 0 N–H and O–H groups in total. The van der Waals surface area contributed by atoms with Gasteiger partial charge in [0.25, 0.3) is 0 Å². The minimum atomic E-state index is -0.607. The van der Waals surface area contributed by atoms with E-state index in [1.165, 1.54) is 0 Å². The molecule has 22 heavy (non-hydrogen) atoms. The van der Waals surface area contributed by atoms with E-state index < -0.39 is 10.2 Å². The smallest absolute Gasteiger partial charge is 0.164 e. The summed E-state index contributed by atoms with van der Waals surface area (Å²) in [5, 5.41) is 0. The predicted molar refractivity (Wildman–Crippen MR) is 94.4 cm³/mol. The quantitative estimate of drug-likeness (QED) is 0.789. The molecule has 1 aliphatic rings. The Balaban J connectivity index is 2.37. The molecule has 1 heterocycles. The second kappa shape index (κ2) is 4.99. The monoisotopic (exact) mass is 310 g/mol. The van der Waals surface area contributed by atoms with Crippen molar-refractivity contribution >= 4 is 17.5 Å². The van der Waals surface area contributed by atoms with Crippen LogP contribution in [-0.2, 0) is 10.2 Å². The van der Waals surface area contributed by atoms with Crippen molar-refractivity contribution in [2.75, 3.05) is 0 Å². The van der Waals surface area contributed by atoms with Crippen molar-refractivity contribution in [2.45, 2.75) is 42.6 Å². The summed E-state index contributed by atoms with van der Waals surface area (Å²) in [5.41, 5.74) is 1.58. The van der Waals surface area contributed by atoms with E-state index in [-0.39, 0.29) is 4.75 Å². The molecule has 3 rings (SSSR count). The number of Topliss-reactive ketones (excluding diaryl/α,β-unsaturated/α-hetero) is 1. The number of thioether (sulfide) groups is 1. The van der Waals surface area contributed by atoms with Gasteiger partial charge in [0.1, 0.15) is 0 Å². The molecule has 1 fully saturated rings. The maximum Gasteiger partial charge on any atom is 0.164 e. The third-order valence-corrected chi connectivity index (χ3v) is 6.23. The van der Waals surface area contributed by atoms with Crippen LogP contribution in [0.1, 0.15) is 38.8 Å². The zero-order chi connectivity index (χ0) is 16.0. The van der Waals surface area contributed by atoms with Crippen LogP contribution in [0.3, 0.4) is 0 Å². The number of hydrogen-bond acceptors (Lipinski definition) is 2. The van der Waals surface area contributed by atoms with E-state index in [1.807, 2.05) is 36.4 Å². The second-order valence-corrected chi connectivity index (χ2v) is 9.18. The van der Waals surface area contributed by atoms with Gasteiger partial charge in [-0.25, -0.2) is 0 Å². The van der Waals surface area contributed by atoms with Gasteiger partial charge in [0.05, 0.1) is 10.2 Å². The Labute approximate surface area is 137 Å². The van der Waals surface area contributed by atoms with E-state index in [2.05, 4.69) is 52.0 Å². The summed E-state index contributed by atoms with van der Waals surface area (Å²) >= 11 is 1.78. The van der Waals surface area contributed by atoms with Gasteiger partial charge in [-0.3, -0.25) is 4.79 Å². The van der Waals surface area contributed by atoms with E-state index >= 15 is 0 Å². The molecular weight excluding hydrogens is 288 g/mol. The molecule has 0 radical (unpaired) electrons. The molecule has 0 unspecified atom stereocenters. The highest BCUT2D eigenvalue weighted by molar-refractivity contribution is 8.03. The normalized spacial score (nSPS) is 21.7. The first-order valence-corrected chi connectivity index (χ1v) is 8.50. The average molecular weight is 310 g/mol. The van der Waals surface area contributed by atoms with Crippen LogP contribution in [0.5, 0.6) is 0 Å². The largest absolute Gasteiger partial charge is 0.297 e. The summed E-state index contributed by atoms with van der Waals surface area (Å²) in [5.74, 6) is 0.299. The lowest BCUT2D eigenvalue weighted by molar-refractivity contribution is -0.124. The van der Waals surface area contributed by atoms with Gasteiger partial charge in [0.2, 0.25) is 0 Å². The van der Waals surface area contributed by atoms with Gasteiger partial charge in [-0.15, -0.1) is 11.8 Å². The van der Waals surface area contributed by atoms with Gasteiger partial charge in [-0.2, -0.15) is 0 Å². The molecule has 2 aromatic rings. The van der Waals surface area contributed by atoms with E-state index in [0.29, 0.717) is 5.78 Å². The van der Waals surface area contributed by atoms with Crippen molar-refractivity contribution < 1.29 is 4.79 Å². The molecular formula is C20H22OS. The van der Waals surface area contributed by atoms with Crippen LogP contribution in [0, 0.1) is 0 Å². The average Bonchev–Trinajstić information content (AvgIpc) is 2.63. The van der Waals surface area contributed by atoms with Crippen molar-refractivity contribution in [1.29, 1.82) is 0 Å². The summed E-state index contributed by atoms with van der Waals surface area (Å²) < 4.78 is -0.606. The Morgan fingerprint density at radius 3 is 1.45 bits per heavy atom. The van der Waals surface area contributed by atoms with Gasteiger partial charge < -0.3 is 0 Å². The first kappa shape index (κ1) is 15.4. The molecule has 1 nitrogen and oxygen atoms in total. The summed E-state index contributed by atoms with van der Waals surface area (Å²) in [6, 6.07) is 20.5. The van der Waals surface area contributed by atoms with E-state index in [1.54, 1.807) is 11.8 Å². The van der Waals surface area contributed by atoms with Crippen LogP contribution in [0.25, 0.3) is 0 Å². The SMILES string of the molecule is CC1(C)SC(C)(C)C(c2ccccc2)(c2ccccc2)C1=O. The van der Waals surface area contributed by atoms with Crippen LogP contribution in [-0.4, -0.2) is 15.3 Å². The van der Waals surface area contributed by atoms with Gasteiger partial charge in [0.15, 0.2) is 5.78 Å². The summed E-state index contributed by atoms with van der Waals surface area (Å²) in [6.45, 7) is 8.50. The van der Waals surface area contributed by atoms with Crippen molar-refractivity contribution in [3.05, 3.63) is 71.8 Å². The number of carbonyl (C=O) groups is 1. The first-order chi connectivity index (χ1) is 10.3. The highest BCUT2D eigenvalue weighted by Gasteiger charge is 2.64. The molecule has 0 spiro atoms. The Morgan fingerprint density at radius 2 is 1.14 bits per heavy atom. The lowest BCUT2D eigenvalue weighted by Gasteiger charge is -2.40. The number of rotatable bonds is 2. The maximum atomic E-state index is 13.5. The van der Waals surface area contributed by atoms with Crippen molar-refractivity contribution in [3.63, 3.8) is 0 Å². The Kier molecular flexibility index (Phi) is 3.48. The molecule has 0 atom stereocenters. The number of benzene rings is 2. The zero-order valence-electron chi connectivity index (χ0n) is 13.6. The van der Waals surface area contributed by atoms with Gasteiger partial charge in [-0.1, -0.05) is 60.7 Å². The van der Waals surface area contributed by atoms with Crippen LogP contribution >= 0.6 is 11.8 Å². The fourth-order valence-electron chi connectivity index (χ4n) is 3.99. The summed E-state index contributed by atoms with van der Waals surface area (Å²) in [4.78, 5) is 13.5. The predicted octanol–water partition coefficient (Wildman–Crippen LogP) is 4.85. The van der Waals surface area contributed by atoms with E-state index in [9.17, 15) is 4.79 Å². The van der Waals surface area contributed by atoms with Crippen LogP contribution in [0.15, 0.2) is 60.7 Å². The van der Waals surface area contributed by atoms with Crippen LogP contribution < -0.4 is 0 Å². The Morgan fingerprint density at radius 1 is 0.727 bits per heavy atom. The van der Waals surface area contributed by atoms with Gasteiger partial charge in [0, 0.05) is 4.75 Å². The number of ketones is 1. The Bertz CT molecular complexity index is 647. The van der Waals surface area contributed by atoms with Crippen molar-refractivity contribution in [2.24, 2.45) is 0 Å². The molecule has 1 aliphatic heterocycles. The lowest BCUT2D eigenvalue weighted by atomic mass is 9.62. The second-order valence-electron chi connectivity index (χ2n) is 6.93. The highest BCUT2D eigenvalue weighted by Crippen LogP contribution is 2.61. The standard InChI is InChI=1S/C20H22OS/c1-18(2)17(21)20(19(3,4)22-18,15-11-7-5-8-12-15)16-13-9-6-10-14-16/h5-14H,1-4H3. The molecule has 0 amide bonds. The minimum absolute atomic E-state index is 0.212. The summed E-state index contributed by atoms with van der Waals surface area (Å²) in [6.07, 6.45) is 0. The summed E-state index contributed by atoms with van der Waals surface area (Å²) in [7, 11) is 0. The van der Waals surface area contributed by atoms with Crippen molar-refractivity contribution in [1.82, 2.24) is 0 Å². The molecule has 2 heteroatoms. The maximum absolute atomic E-state index is 13.5. The zero-order valence-corrected chi connectivity index (χ0v) is 14.4. The minimum Gasteiger partial charge on any atom is -0.297 e. The topological polar surface area (TPSA) is 17.1 Å². The van der Waals surface area contributed by atoms with E-state index in [4.69, 9.17) is 0 Å². The first-order valence-electron chi connectivity index (χ1n) is 7.68. The third-order valence-electron chi connectivity index (χ3n) is 4.71. The van der Waals surface area contributed by atoms with Gasteiger partial charge in [-0.05, 0) is 38.8 Å². The fourth-order valence-corrected chi connectivity index (χ4v) is 5.99. The van der Waals surface area contributed by atoms with Crippen LogP contribution in [0.2, 0.25) is 0 Å². The van der Waals surface area contributed by atoms with E-state index in [0.717, 1.165) is 11.1 Å².